The number of rotatable bonds is 5. The largest absolute Gasteiger partial charge is 0.487 e. The van der Waals surface area contributed by atoms with E-state index in [1.807, 2.05) is 6.92 Å². The molecule has 4 heteroatoms. The molecule has 0 aliphatic rings. The van der Waals surface area contributed by atoms with Crippen LogP contribution in [0.15, 0.2) is 18.3 Å². The molecule has 14 heavy (non-hydrogen) atoms. The maximum atomic E-state index is 8.77. The summed E-state index contributed by atoms with van der Waals surface area (Å²) in [5.74, 6) is 0.687. The van der Waals surface area contributed by atoms with Gasteiger partial charge in [0.1, 0.15) is 11.9 Å². The van der Waals surface area contributed by atoms with Crippen LogP contribution in [0.1, 0.15) is 12.6 Å². The highest BCUT2D eigenvalue weighted by Crippen LogP contribution is 2.11. The van der Waals surface area contributed by atoms with E-state index < -0.39 is 0 Å². The predicted molar refractivity (Wildman–Crippen MR) is 52.1 cm³/mol. The van der Waals surface area contributed by atoms with Crippen molar-refractivity contribution in [1.29, 1.82) is 0 Å². The number of pyridine rings is 1. The summed E-state index contributed by atoms with van der Waals surface area (Å²) in [4.78, 5) is 3.99. The van der Waals surface area contributed by atoms with Crippen LogP contribution < -0.4 is 4.74 Å². The second-order valence-electron chi connectivity index (χ2n) is 3.03. The van der Waals surface area contributed by atoms with Crippen molar-refractivity contribution in [2.24, 2.45) is 0 Å². The van der Waals surface area contributed by atoms with E-state index in [0.717, 1.165) is 0 Å². The van der Waals surface area contributed by atoms with Gasteiger partial charge in [-0.05, 0) is 19.1 Å². The standard InChI is InChI=1S/C10H15NO3/c1-8(7-13-2)14-10-4-3-9(6-12)11-5-10/h3-5,8,12H,6-7H2,1-2H3. The monoisotopic (exact) mass is 197 g/mol. The average molecular weight is 197 g/mol. The zero-order valence-corrected chi connectivity index (χ0v) is 8.43. The summed E-state index contributed by atoms with van der Waals surface area (Å²) in [6, 6.07) is 3.51. The van der Waals surface area contributed by atoms with Crippen LogP contribution in [0.25, 0.3) is 0 Å². The fourth-order valence-electron chi connectivity index (χ4n) is 1.08. The second-order valence-corrected chi connectivity index (χ2v) is 3.03. The maximum Gasteiger partial charge on any atom is 0.138 e. The van der Waals surface area contributed by atoms with Gasteiger partial charge in [0.15, 0.2) is 0 Å². The molecule has 1 N–H and O–H groups in total. The van der Waals surface area contributed by atoms with Gasteiger partial charge >= 0.3 is 0 Å². The lowest BCUT2D eigenvalue weighted by atomic mass is 10.3. The molecule has 1 heterocycles. The lowest BCUT2D eigenvalue weighted by molar-refractivity contribution is 0.0917. The van der Waals surface area contributed by atoms with E-state index in [1.165, 1.54) is 0 Å². The van der Waals surface area contributed by atoms with E-state index in [0.29, 0.717) is 18.1 Å². The molecule has 0 spiro atoms. The van der Waals surface area contributed by atoms with Gasteiger partial charge in [0.05, 0.1) is 25.1 Å². The van der Waals surface area contributed by atoms with Crippen LogP contribution in [-0.2, 0) is 11.3 Å². The smallest absolute Gasteiger partial charge is 0.138 e. The fraction of sp³-hybridized carbons (Fsp3) is 0.500. The van der Waals surface area contributed by atoms with E-state index in [2.05, 4.69) is 4.98 Å². The molecule has 0 aliphatic heterocycles. The Hall–Kier alpha value is -1.13. The Morgan fingerprint density at radius 2 is 2.29 bits per heavy atom. The number of hydrogen-bond acceptors (Lipinski definition) is 4. The topological polar surface area (TPSA) is 51.6 Å². The summed E-state index contributed by atoms with van der Waals surface area (Å²) in [5.41, 5.74) is 0.636. The van der Waals surface area contributed by atoms with Crippen LogP contribution in [0.4, 0.5) is 0 Å². The third kappa shape index (κ3) is 3.32. The van der Waals surface area contributed by atoms with Crippen LogP contribution in [0, 0.1) is 0 Å². The van der Waals surface area contributed by atoms with Crippen molar-refractivity contribution in [3.05, 3.63) is 24.0 Å². The first-order chi connectivity index (χ1) is 6.76. The first-order valence-corrected chi connectivity index (χ1v) is 4.47. The van der Waals surface area contributed by atoms with Gasteiger partial charge < -0.3 is 14.6 Å². The summed E-state index contributed by atoms with van der Waals surface area (Å²) in [6.45, 7) is 2.42. The number of methoxy groups -OCH3 is 1. The molecule has 1 aromatic rings. The Morgan fingerprint density at radius 3 is 2.79 bits per heavy atom. The van der Waals surface area contributed by atoms with Crippen LogP contribution in [0.3, 0.4) is 0 Å². The maximum absolute atomic E-state index is 8.77. The molecule has 1 unspecified atom stereocenters. The number of nitrogens with zero attached hydrogens (tertiary/aromatic N) is 1. The van der Waals surface area contributed by atoms with Crippen LogP contribution in [0.5, 0.6) is 5.75 Å². The Kier molecular flexibility index (Phi) is 4.35. The zero-order chi connectivity index (χ0) is 10.4. The molecule has 78 valence electrons. The molecule has 0 radical (unpaired) electrons. The van der Waals surface area contributed by atoms with Crippen LogP contribution in [-0.4, -0.2) is 29.9 Å². The highest BCUT2D eigenvalue weighted by molar-refractivity contribution is 5.19. The number of aliphatic hydroxyl groups excluding tert-OH is 1. The second kappa shape index (κ2) is 5.57. The molecule has 0 aromatic carbocycles. The van der Waals surface area contributed by atoms with Gasteiger partial charge in [-0.25, -0.2) is 0 Å². The predicted octanol–water partition coefficient (Wildman–Crippen LogP) is 0.988. The third-order valence-electron chi connectivity index (χ3n) is 1.70. The Bertz CT molecular complexity index is 261. The minimum Gasteiger partial charge on any atom is -0.487 e. The molecule has 0 saturated carbocycles. The van der Waals surface area contributed by atoms with Gasteiger partial charge in [0.2, 0.25) is 0 Å². The van der Waals surface area contributed by atoms with E-state index in [1.54, 1.807) is 25.4 Å². The van der Waals surface area contributed by atoms with E-state index in [9.17, 15) is 0 Å². The van der Waals surface area contributed by atoms with Gasteiger partial charge in [-0.15, -0.1) is 0 Å². The van der Waals surface area contributed by atoms with Gasteiger partial charge in [-0.2, -0.15) is 0 Å². The van der Waals surface area contributed by atoms with Crippen molar-refractivity contribution in [1.82, 2.24) is 4.98 Å². The number of ether oxygens (including phenoxy) is 2. The van der Waals surface area contributed by atoms with Gasteiger partial charge in [-0.3, -0.25) is 4.98 Å². The van der Waals surface area contributed by atoms with Crippen molar-refractivity contribution in [3.8, 4) is 5.75 Å². The van der Waals surface area contributed by atoms with E-state index >= 15 is 0 Å². The molecular weight excluding hydrogens is 182 g/mol. The Balaban J connectivity index is 2.50. The lowest BCUT2D eigenvalue weighted by Gasteiger charge is -2.13. The molecule has 4 nitrogen and oxygen atoms in total. The molecule has 1 aromatic heterocycles. The molecule has 0 fully saturated rings. The summed E-state index contributed by atoms with van der Waals surface area (Å²) < 4.78 is 10.4. The van der Waals surface area contributed by atoms with E-state index in [4.69, 9.17) is 14.6 Å². The van der Waals surface area contributed by atoms with Crippen molar-refractivity contribution in [2.45, 2.75) is 19.6 Å². The molecule has 0 saturated heterocycles. The average Bonchev–Trinajstić information content (AvgIpc) is 2.19. The lowest BCUT2D eigenvalue weighted by Crippen LogP contribution is -2.18. The van der Waals surface area contributed by atoms with Gasteiger partial charge in [0.25, 0.3) is 0 Å². The number of aromatic nitrogens is 1. The van der Waals surface area contributed by atoms with Crippen molar-refractivity contribution in [3.63, 3.8) is 0 Å². The first-order valence-electron chi connectivity index (χ1n) is 4.47. The normalized spacial score (nSPS) is 12.5. The third-order valence-corrected chi connectivity index (χ3v) is 1.70. The van der Waals surface area contributed by atoms with Gasteiger partial charge in [-0.1, -0.05) is 0 Å². The molecule has 0 aliphatic carbocycles. The summed E-state index contributed by atoms with van der Waals surface area (Å²) in [7, 11) is 1.63. The minimum absolute atomic E-state index is 0.00164. The molecule has 1 atom stereocenters. The minimum atomic E-state index is -0.0477. The van der Waals surface area contributed by atoms with Crippen LogP contribution >= 0.6 is 0 Å². The molecular formula is C10H15NO3. The number of aliphatic hydroxyl groups is 1. The highest BCUT2D eigenvalue weighted by Gasteiger charge is 2.03. The molecule has 0 amide bonds. The first kappa shape index (κ1) is 10.9. The van der Waals surface area contributed by atoms with Crippen molar-refractivity contribution < 1.29 is 14.6 Å². The SMILES string of the molecule is COCC(C)Oc1ccc(CO)nc1. The van der Waals surface area contributed by atoms with Crippen molar-refractivity contribution in [2.75, 3.05) is 13.7 Å². The van der Waals surface area contributed by atoms with Crippen molar-refractivity contribution >= 4 is 0 Å². The Morgan fingerprint density at radius 1 is 1.50 bits per heavy atom. The summed E-state index contributed by atoms with van der Waals surface area (Å²) in [6.07, 6.45) is 1.60. The zero-order valence-electron chi connectivity index (χ0n) is 8.43. The molecule has 0 bridgehead atoms. The highest BCUT2D eigenvalue weighted by atomic mass is 16.5. The fourth-order valence-corrected chi connectivity index (χ4v) is 1.08. The summed E-state index contributed by atoms with van der Waals surface area (Å²) in [5, 5.41) is 8.77. The van der Waals surface area contributed by atoms with E-state index in [-0.39, 0.29) is 12.7 Å². The van der Waals surface area contributed by atoms with Crippen LogP contribution in [0.2, 0.25) is 0 Å². The Labute approximate surface area is 83.5 Å². The molecule has 1 rings (SSSR count). The number of hydrogen-bond donors (Lipinski definition) is 1. The summed E-state index contributed by atoms with van der Waals surface area (Å²) >= 11 is 0. The quantitative estimate of drug-likeness (QED) is 0.764. The van der Waals surface area contributed by atoms with Gasteiger partial charge in [0, 0.05) is 7.11 Å².